The minimum atomic E-state index is -3.96. The Hall–Kier alpha value is -3.29. The predicted molar refractivity (Wildman–Crippen MR) is 166 cm³/mol. The van der Waals surface area contributed by atoms with E-state index in [1.54, 1.807) is 24.7 Å². The minimum Gasteiger partial charge on any atom is -0.472 e. The van der Waals surface area contributed by atoms with E-state index >= 15 is 0 Å². The molecule has 3 aromatic heterocycles. The summed E-state index contributed by atoms with van der Waals surface area (Å²) in [5.74, 6) is -0.0263. The van der Waals surface area contributed by atoms with Crippen LogP contribution >= 0.6 is 34.5 Å². The fourth-order valence-electron chi connectivity index (χ4n) is 5.19. The van der Waals surface area contributed by atoms with Gasteiger partial charge < -0.3 is 9.47 Å². The quantitative estimate of drug-likeness (QED) is 0.152. The number of carbonyl (C=O) groups excluding carboxylic acids is 1. The largest absolute Gasteiger partial charge is 0.472 e. The number of esters is 1. The maximum absolute atomic E-state index is 13.8. The van der Waals surface area contributed by atoms with Crippen molar-refractivity contribution in [2.24, 2.45) is 7.05 Å². The zero-order valence-corrected chi connectivity index (χ0v) is 26.6. The topological polar surface area (TPSA) is 117 Å². The van der Waals surface area contributed by atoms with Gasteiger partial charge in [0.2, 0.25) is 15.9 Å². The summed E-state index contributed by atoms with van der Waals surface area (Å²) in [7, 11) is -2.21. The van der Waals surface area contributed by atoms with Crippen LogP contribution in [0.1, 0.15) is 36.5 Å². The molecule has 6 rings (SSSR count). The van der Waals surface area contributed by atoms with Crippen LogP contribution in [0.5, 0.6) is 11.6 Å². The number of benzene rings is 2. The molecule has 2 aromatic carbocycles. The van der Waals surface area contributed by atoms with Gasteiger partial charge in [0.15, 0.2) is 0 Å². The van der Waals surface area contributed by atoms with Crippen molar-refractivity contribution in [1.82, 2.24) is 24.3 Å². The highest BCUT2D eigenvalue weighted by molar-refractivity contribution is 7.89. The second-order valence-corrected chi connectivity index (χ2v) is 14.0. The first kappa shape index (κ1) is 29.8. The Morgan fingerprint density at radius 1 is 1.23 bits per heavy atom. The number of aromatic nitrogens is 4. The van der Waals surface area contributed by atoms with Crippen LogP contribution in [0.3, 0.4) is 0 Å². The number of sulfonamides is 1. The maximum atomic E-state index is 13.8. The number of hydrogen-bond acceptors (Lipinski definition) is 9. The lowest BCUT2D eigenvalue weighted by Gasteiger charge is -2.23. The van der Waals surface area contributed by atoms with Crippen LogP contribution in [0.2, 0.25) is 10.0 Å². The van der Waals surface area contributed by atoms with Gasteiger partial charge in [-0.05, 0) is 53.8 Å². The molecule has 0 saturated carbocycles. The van der Waals surface area contributed by atoms with E-state index in [0.29, 0.717) is 40.2 Å². The molecule has 1 aliphatic rings. The number of pyridine rings is 1. The molecule has 0 fully saturated rings. The SMILES string of the molecule is CC[C@@H]1CN(Cc2cc(CCC(=O)Oc3cc(Cl)c4c(nnn4C)c3C)cc3ccsc23)S(=O)(=O)c2cc(Cl)cnc2O1. The van der Waals surface area contributed by atoms with Crippen LogP contribution in [-0.2, 0) is 34.8 Å². The molecule has 0 radical (unpaired) electrons. The van der Waals surface area contributed by atoms with Crippen LogP contribution in [-0.4, -0.2) is 51.3 Å². The average Bonchev–Trinajstić information content (AvgIpc) is 3.59. The van der Waals surface area contributed by atoms with Gasteiger partial charge in [0, 0.05) is 42.5 Å². The molecule has 0 amide bonds. The Bertz CT molecular complexity index is 1990. The Morgan fingerprint density at radius 3 is 2.84 bits per heavy atom. The molecule has 0 aliphatic carbocycles. The number of halogens is 2. The van der Waals surface area contributed by atoms with Crippen LogP contribution in [0.4, 0.5) is 0 Å². The fourth-order valence-corrected chi connectivity index (χ4v) is 8.16. The van der Waals surface area contributed by atoms with E-state index in [-0.39, 0.29) is 41.4 Å². The van der Waals surface area contributed by atoms with E-state index in [2.05, 4.69) is 15.3 Å². The first-order valence-corrected chi connectivity index (χ1v) is 16.6. The molecular weight excluding hydrogens is 633 g/mol. The van der Waals surface area contributed by atoms with Crippen LogP contribution in [0.15, 0.2) is 46.8 Å². The van der Waals surface area contributed by atoms with Crippen molar-refractivity contribution in [1.29, 1.82) is 0 Å². The highest BCUT2D eigenvalue weighted by atomic mass is 35.5. The van der Waals surface area contributed by atoms with Crippen LogP contribution < -0.4 is 9.47 Å². The van der Waals surface area contributed by atoms with Crippen molar-refractivity contribution in [3.63, 3.8) is 0 Å². The summed E-state index contributed by atoms with van der Waals surface area (Å²) in [4.78, 5) is 17.0. The van der Waals surface area contributed by atoms with E-state index in [1.807, 2.05) is 30.5 Å². The monoisotopic (exact) mass is 659 g/mol. The number of hydrogen-bond donors (Lipinski definition) is 0. The third-order valence-electron chi connectivity index (χ3n) is 7.46. The van der Waals surface area contributed by atoms with Gasteiger partial charge in [0.05, 0.1) is 16.6 Å². The Labute approximate surface area is 262 Å². The second kappa shape index (κ2) is 11.7. The van der Waals surface area contributed by atoms with E-state index in [1.165, 1.54) is 27.9 Å². The zero-order chi connectivity index (χ0) is 30.5. The van der Waals surface area contributed by atoms with E-state index in [0.717, 1.165) is 21.2 Å². The molecule has 0 bridgehead atoms. The predicted octanol–water partition coefficient (Wildman–Crippen LogP) is 6.09. The number of fused-ring (bicyclic) bond motifs is 3. The van der Waals surface area contributed by atoms with Gasteiger partial charge in [-0.2, -0.15) is 4.31 Å². The van der Waals surface area contributed by atoms with Crippen molar-refractivity contribution >= 4 is 71.7 Å². The molecular formula is C29H27Cl2N5O5S2. The summed E-state index contributed by atoms with van der Waals surface area (Å²) in [6.45, 7) is 4.03. The van der Waals surface area contributed by atoms with Crippen LogP contribution in [0, 0.1) is 6.92 Å². The average molecular weight is 661 g/mol. The zero-order valence-electron chi connectivity index (χ0n) is 23.5. The third kappa shape index (κ3) is 5.69. The molecule has 1 aliphatic heterocycles. The van der Waals surface area contributed by atoms with Gasteiger partial charge in [-0.1, -0.05) is 47.5 Å². The molecule has 43 heavy (non-hydrogen) atoms. The van der Waals surface area contributed by atoms with Crippen LogP contribution in [0.25, 0.3) is 21.1 Å². The van der Waals surface area contributed by atoms with Crippen molar-refractivity contribution in [3.05, 3.63) is 68.6 Å². The Balaban J connectivity index is 1.25. The Kier molecular flexibility index (Phi) is 8.07. The van der Waals surface area contributed by atoms with Crippen molar-refractivity contribution in [2.75, 3.05) is 6.54 Å². The number of rotatable bonds is 7. The van der Waals surface area contributed by atoms with Gasteiger partial charge in [0.1, 0.15) is 27.8 Å². The molecule has 4 heterocycles. The van der Waals surface area contributed by atoms with Crippen molar-refractivity contribution < 1.29 is 22.7 Å². The highest BCUT2D eigenvalue weighted by Gasteiger charge is 2.36. The standard InChI is InChI=1S/C29H27Cl2N5O5S2/c1-4-21-15-36(43(38,39)24-11-20(30)13-32-29(24)40-21)14-19-10-17(9-18-7-8-42-28(18)19)5-6-25(37)41-23-12-22(31)27-26(16(23)2)33-34-35(27)3/h7-13,21H,4-6,14-15H2,1-3H3/t21-/m1/s1. The molecule has 0 N–H and O–H groups in total. The van der Waals surface area contributed by atoms with E-state index in [9.17, 15) is 13.2 Å². The van der Waals surface area contributed by atoms with Crippen molar-refractivity contribution in [2.45, 2.75) is 50.7 Å². The number of carbonyl (C=O) groups is 1. The number of aryl methyl sites for hydroxylation is 3. The van der Waals surface area contributed by atoms with Gasteiger partial charge in [-0.15, -0.1) is 16.4 Å². The smallest absolute Gasteiger partial charge is 0.311 e. The van der Waals surface area contributed by atoms with Gasteiger partial charge in [0.25, 0.3) is 0 Å². The fraction of sp³-hybridized carbons (Fsp3) is 0.310. The summed E-state index contributed by atoms with van der Waals surface area (Å²) in [6, 6.07) is 8.94. The molecule has 0 unspecified atom stereocenters. The van der Waals surface area contributed by atoms with E-state index < -0.39 is 16.0 Å². The molecule has 0 saturated heterocycles. The third-order valence-corrected chi connectivity index (χ3v) is 10.8. The maximum Gasteiger partial charge on any atom is 0.311 e. The summed E-state index contributed by atoms with van der Waals surface area (Å²) in [6.07, 6.45) is 2.11. The number of nitrogens with zero attached hydrogens (tertiary/aromatic N) is 5. The summed E-state index contributed by atoms with van der Waals surface area (Å²) < 4.78 is 43.2. The summed E-state index contributed by atoms with van der Waals surface area (Å²) in [5.41, 5.74) is 3.64. The van der Waals surface area contributed by atoms with Crippen molar-refractivity contribution in [3.8, 4) is 11.6 Å². The second-order valence-electron chi connectivity index (χ2n) is 10.4. The normalized spacial score (nSPS) is 16.6. The number of ether oxygens (including phenoxy) is 2. The lowest BCUT2D eigenvalue weighted by Crippen LogP contribution is -2.36. The molecule has 1 atom stereocenters. The first-order valence-electron chi connectivity index (χ1n) is 13.6. The lowest BCUT2D eigenvalue weighted by molar-refractivity contribution is -0.134. The molecule has 14 heteroatoms. The lowest BCUT2D eigenvalue weighted by atomic mass is 10.0. The molecule has 0 spiro atoms. The molecule has 224 valence electrons. The molecule has 5 aromatic rings. The van der Waals surface area contributed by atoms with E-state index in [4.69, 9.17) is 32.7 Å². The van der Waals surface area contributed by atoms with Gasteiger partial charge in [-0.3, -0.25) is 4.79 Å². The van der Waals surface area contributed by atoms with Gasteiger partial charge in [-0.25, -0.2) is 18.1 Å². The highest BCUT2D eigenvalue weighted by Crippen LogP contribution is 2.36. The van der Waals surface area contributed by atoms with Gasteiger partial charge >= 0.3 is 5.97 Å². The summed E-state index contributed by atoms with van der Waals surface area (Å²) >= 11 is 14.1. The summed E-state index contributed by atoms with van der Waals surface area (Å²) in [5, 5.41) is 11.7. The molecule has 10 nitrogen and oxygen atoms in total. The first-order chi connectivity index (χ1) is 20.5. The Morgan fingerprint density at radius 2 is 2.05 bits per heavy atom. The minimum absolute atomic E-state index is 0.0488. The number of thiophene rings is 1.